The van der Waals surface area contributed by atoms with Crippen molar-refractivity contribution in [2.24, 2.45) is 11.7 Å². The highest BCUT2D eigenvalue weighted by molar-refractivity contribution is 7.89. The van der Waals surface area contributed by atoms with Gasteiger partial charge in [-0.15, -0.1) is 0 Å². The topological polar surface area (TPSA) is 63.4 Å². The molecule has 0 aromatic carbocycles. The summed E-state index contributed by atoms with van der Waals surface area (Å²) in [6, 6.07) is 0. The fourth-order valence-corrected chi connectivity index (χ4v) is 2.63. The molecule has 0 saturated carbocycles. The van der Waals surface area contributed by atoms with Gasteiger partial charge in [-0.2, -0.15) is 0 Å². The molecule has 0 aromatic rings. The third-order valence-corrected chi connectivity index (χ3v) is 4.28. The fourth-order valence-electron chi connectivity index (χ4n) is 1.19. The van der Waals surface area contributed by atoms with Gasteiger partial charge in [0.25, 0.3) is 0 Å². The highest BCUT2D eigenvalue weighted by Crippen LogP contribution is 2.08. The van der Waals surface area contributed by atoms with Crippen LogP contribution in [0.25, 0.3) is 0 Å². The Bertz CT molecular complexity index is 239. The Hall–Kier alpha value is -0.130. The van der Waals surface area contributed by atoms with E-state index < -0.39 is 10.0 Å². The Morgan fingerprint density at radius 2 is 1.93 bits per heavy atom. The van der Waals surface area contributed by atoms with E-state index in [1.165, 1.54) is 4.31 Å². The minimum Gasteiger partial charge on any atom is -0.329 e. The zero-order chi connectivity index (χ0) is 11.2. The lowest BCUT2D eigenvalue weighted by molar-refractivity contribution is 0.362. The summed E-state index contributed by atoms with van der Waals surface area (Å²) in [6.07, 6.45) is 0.995. The second kappa shape index (κ2) is 6.37. The molecule has 0 amide bonds. The first kappa shape index (κ1) is 13.9. The molecule has 0 bridgehead atoms. The SMILES string of the molecule is CCC(C)CN(CC)S(=O)(=O)CCN. The van der Waals surface area contributed by atoms with E-state index in [0.29, 0.717) is 19.0 Å². The third kappa shape index (κ3) is 4.39. The molecule has 0 aliphatic rings. The van der Waals surface area contributed by atoms with Crippen molar-refractivity contribution in [3.05, 3.63) is 0 Å². The first-order valence-electron chi connectivity index (χ1n) is 5.15. The summed E-state index contributed by atoms with van der Waals surface area (Å²) >= 11 is 0. The fraction of sp³-hybridized carbons (Fsp3) is 1.00. The molecule has 0 heterocycles. The Balaban J connectivity index is 4.40. The van der Waals surface area contributed by atoms with E-state index >= 15 is 0 Å². The largest absolute Gasteiger partial charge is 0.329 e. The van der Waals surface area contributed by atoms with Crippen LogP contribution in [0.2, 0.25) is 0 Å². The van der Waals surface area contributed by atoms with Gasteiger partial charge in [0.1, 0.15) is 0 Å². The zero-order valence-corrected chi connectivity index (χ0v) is 10.2. The van der Waals surface area contributed by atoms with Crippen LogP contribution in [0.15, 0.2) is 0 Å². The highest BCUT2D eigenvalue weighted by atomic mass is 32.2. The molecule has 0 fully saturated rings. The third-order valence-electron chi connectivity index (χ3n) is 2.33. The molecule has 0 aliphatic carbocycles. The molecule has 2 N–H and O–H groups in total. The summed E-state index contributed by atoms with van der Waals surface area (Å²) in [6.45, 7) is 7.31. The molecule has 0 radical (unpaired) electrons. The molecule has 0 rings (SSSR count). The lowest BCUT2D eigenvalue weighted by Crippen LogP contribution is -2.37. The predicted octanol–water partition coefficient (Wildman–Crippen LogP) is 0.643. The molecule has 14 heavy (non-hydrogen) atoms. The first-order valence-corrected chi connectivity index (χ1v) is 6.76. The van der Waals surface area contributed by atoms with Crippen LogP contribution in [0.3, 0.4) is 0 Å². The average Bonchev–Trinajstić information content (AvgIpc) is 2.13. The van der Waals surface area contributed by atoms with Gasteiger partial charge >= 0.3 is 0 Å². The molecular weight excluding hydrogens is 200 g/mol. The average molecular weight is 222 g/mol. The molecule has 5 heteroatoms. The summed E-state index contributed by atoms with van der Waals surface area (Å²) in [5, 5.41) is 0. The van der Waals surface area contributed by atoms with E-state index in [1.54, 1.807) is 0 Å². The van der Waals surface area contributed by atoms with Crippen LogP contribution < -0.4 is 5.73 Å². The maximum absolute atomic E-state index is 11.7. The first-order chi connectivity index (χ1) is 6.47. The van der Waals surface area contributed by atoms with Crippen molar-refractivity contribution < 1.29 is 8.42 Å². The van der Waals surface area contributed by atoms with Crippen molar-refractivity contribution in [1.82, 2.24) is 4.31 Å². The summed E-state index contributed by atoms with van der Waals surface area (Å²) in [4.78, 5) is 0. The molecule has 4 nitrogen and oxygen atoms in total. The number of nitrogens with zero attached hydrogens (tertiary/aromatic N) is 1. The van der Waals surface area contributed by atoms with Crippen molar-refractivity contribution in [3.8, 4) is 0 Å². The van der Waals surface area contributed by atoms with Crippen LogP contribution in [-0.2, 0) is 10.0 Å². The van der Waals surface area contributed by atoms with E-state index in [-0.39, 0.29) is 12.3 Å². The number of hydrogen-bond donors (Lipinski definition) is 1. The molecule has 0 aromatic heterocycles. The second-order valence-electron chi connectivity index (χ2n) is 3.57. The molecular formula is C9H22N2O2S. The minimum atomic E-state index is -3.12. The highest BCUT2D eigenvalue weighted by Gasteiger charge is 2.20. The van der Waals surface area contributed by atoms with Crippen LogP contribution in [0.1, 0.15) is 27.2 Å². The normalized spacial score (nSPS) is 14.6. The van der Waals surface area contributed by atoms with Crippen LogP contribution in [0.5, 0.6) is 0 Å². The molecule has 0 spiro atoms. The molecule has 0 saturated heterocycles. The smallest absolute Gasteiger partial charge is 0.215 e. The summed E-state index contributed by atoms with van der Waals surface area (Å²) in [7, 11) is -3.12. The second-order valence-corrected chi connectivity index (χ2v) is 5.66. The summed E-state index contributed by atoms with van der Waals surface area (Å²) in [5.41, 5.74) is 5.26. The van der Waals surface area contributed by atoms with Gasteiger partial charge in [0.2, 0.25) is 10.0 Å². The standard InChI is InChI=1S/C9H22N2O2S/c1-4-9(3)8-11(5-2)14(12,13)7-6-10/h9H,4-8,10H2,1-3H3. The zero-order valence-electron chi connectivity index (χ0n) is 9.36. The van der Waals surface area contributed by atoms with Crippen molar-refractivity contribution in [2.75, 3.05) is 25.4 Å². The Kier molecular flexibility index (Phi) is 6.31. The Labute approximate surface area is 87.5 Å². The van der Waals surface area contributed by atoms with Crippen LogP contribution in [0.4, 0.5) is 0 Å². The van der Waals surface area contributed by atoms with Gasteiger partial charge in [0.05, 0.1) is 5.75 Å². The summed E-state index contributed by atoms with van der Waals surface area (Å²) in [5.74, 6) is 0.458. The molecule has 1 unspecified atom stereocenters. The molecule has 86 valence electrons. The van der Waals surface area contributed by atoms with E-state index in [1.807, 2.05) is 6.92 Å². The van der Waals surface area contributed by atoms with E-state index in [9.17, 15) is 8.42 Å². The number of hydrogen-bond acceptors (Lipinski definition) is 3. The van der Waals surface area contributed by atoms with E-state index in [4.69, 9.17) is 5.73 Å². The quantitative estimate of drug-likeness (QED) is 0.687. The number of nitrogens with two attached hydrogens (primary N) is 1. The van der Waals surface area contributed by atoms with Crippen molar-refractivity contribution in [2.45, 2.75) is 27.2 Å². The Morgan fingerprint density at radius 3 is 2.29 bits per heavy atom. The lowest BCUT2D eigenvalue weighted by atomic mass is 10.1. The number of rotatable bonds is 7. The maximum atomic E-state index is 11.7. The van der Waals surface area contributed by atoms with Gasteiger partial charge in [-0.1, -0.05) is 27.2 Å². The van der Waals surface area contributed by atoms with Crippen molar-refractivity contribution >= 4 is 10.0 Å². The Morgan fingerprint density at radius 1 is 1.36 bits per heavy atom. The van der Waals surface area contributed by atoms with Gasteiger partial charge < -0.3 is 5.73 Å². The van der Waals surface area contributed by atoms with Gasteiger partial charge in [-0.25, -0.2) is 12.7 Å². The predicted molar refractivity (Wildman–Crippen MR) is 59.5 cm³/mol. The molecule has 0 aliphatic heterocycles. The van der Waals surface area contributed by atoms with Crippen LogP contribution in [0, 0.1) is 5.92 Å². The maximum Gasteiger partial charge on any atom is 0.215 e. The van der Waals surface area contributed by atoms with Gasteiger partial charge in [-0.05, 0) is 5.92 Å². The van der Waals surface area contributed by atoms with Gasteiger partial charge in [0.15, 0.2) is 0 Å². The van der Waals surface area contributed by atoms with Crippen molar-refractivity contribution in [1.29, 1.82) is 0 Å². The lowest BCUT2D eigenvalue weighted by Gasteiger charge is -2.23. The van der Waals surface area contributed by atoms with E-state index in [2.05, 4.69) is 13.8 Å². The number of sulfonamides is 1. The van der Waals surface area contributed by atoms with Crippen molar-refractivity contribution in [3.63, 3.8) is 0 Å². The van der Waals surface area contributed by atoms with Crippen LogP contribution >= 0.6 is 0 Å². The molecule has 1 atom stereocenters. The summed E-state index contributed by atoms with van der Waals surface area (Å²) < 4.78 is 24.8. The minimum absolute atomic E-state index is 0.0529. The van der Waals surface area contributed by atoms with Gasteiger partial charge in [0, 0.05) is 19.6 Å². The van der Waals surface area contributed by atoms with Crippen LogP contribution in [-0.4, -0.2) is 38.1 Å². The monoisotopic (exact) mass is 222 g/mol. The van der Waals surface area contributed by atoms with Gasteiger partial charge in [-0.3, -0.25) is 0 Å². The van der Waals surface area contributed by atoms with E-state index in [0.717, 1.165) is 6.42 Å².